The lowest BCUT2D eigenvalue weighted by Gasteiger charge is -2.36. The van der Waals surface area contributed by atoms with Gasteiger partial charge in [-0.25, -0.2) is 0 Å². The van der Waals surface area contributed by atoms with Gasteiger partial charge in [-0.3, -0.25) is 9.78 Å². The molecule has 1 N–H and O–H groups in total. The number of halogens is 1. The quantitative estimate of drug-likeness (QED) is 0.491. The molecular weight excluding hydrogens is 472 g/mol. The maximum absolute atomic E-state index is 13.6. The summed E-state index contributed by atoms with van der Waals surface area (Å²) in [5.74, 6) is 1.10. The number of rotatable bonds is 7. The molecule has 2 heterocycles. The smallest absolute Gasteiger partial charge is 0.235 e. The standard InChI is InChI=1S/C25H25BrN2O4/c1-30-22-9-8-21(15-23(22)32-17-18-3-2-12-27-16-18)28-24(29)25(10-13-31-14-11-25)19-4-6-20(26)7-5-19/h2-9,12,15-16H,10-11,13-14,17H2,1H3,(H,28,29). The highest BCUT2D eigenvalue weighted by Crippen LogP contribution is 2.38. The Balaban J connectivity index is 1.56. The van der Waals surface area contributed by atoms with Crippen molar-refractivity contribution >= 4 is 27.5 Å². The number of aromatic nitrogens is 1. The van der Waals surface area contributed by atoms with E-state index in [9.17, 15) is 4.79 Å². The van der Waals surface area contributed by atoms with Crippen molar-refractivity contribution in [3.05, 3.63) is 82.6 Å². The van der Waals surface area contributed by atoms with Crippen LogP contribution in [0.1, 0.15) is 24.0 Å². The average molecular weight is 497 g/mol. The number of carbonyl (C=O) groups excluding carboxylic acids is 1. The van der Waals surface area contributed by atoms with Crippen LogP contribution in [-0.2, 0) is 21.6 Å². The van der Waals surface area contributed by atoms with Crippen molar-refractivity contribution in [2.45, 2.75) is 24.9 Å². The molecule has 1 aliphatic heterocycles. The van der Waals surface area contributed by atoms with E-state index in [2.05, 4.69) is 26.2 Å². The van der Waals surface area contributed by atoms with Crippen molar-refractivity contribution in [1.82, 2.24) is 4.98 Å². The molecule has 1 aromatic heterocycles. The highest BCUT2D eigenvalue weighted by atomic mass is 79.9. The van der Waals surface area contributed by atoms with Gasteiger partial charge < -0.3 is 19.5 Å². The lowest BCUT2D eigenvalue weighted by atomic mass is 9.73. The van der Waals surface area contributed by atoms with Crippen molar-refractivity contribution in [2.75, 3.05) is 25.6 Å². The highest BCUT2D eigenvalue weighted by Gasteiger charge is 2.41. The van der Waals surface area contributed by atoms with Gasteiger partial charge in [-0.05, 0) is 48.7 Å². The number of benzene rings is 2. The third kappa shape index (κ3) is 4.95. The molecule has 166 valence electrons. The topological polar surface area (TPSA) is 69.7 Å². The Bertz CT molecular complexity index is 1050. The van der Waals surface area contributed by atoms with Crippen LogP contribution in [0.25, 0.3) is 0 Å². The van der Waals surface area contributed by atoms with E-state index in [-0.39, 0.29) is 5.91 Å². The monoisotopic (exact) mass is 496 g/mol. The van der Waals surface area contributed by atoms with Gasteiger partial charge in [0.05, 0.1) is 12.5 Å². The van der Waals surface area contributed by atoms with Crippen LogP contribution < -0.4 is 14.8 Å². The van der Waals surface area contributed by atoms with E-state index in [0.29, 0.717) is 49.8 Å². The zero-order valence-electron chi connectivity index (χ0n) is 17.8. The fourth-order valence-corrected chi connectivity index (χ4v) is 4.16. The van der Waals surface area contributed by atoms with E-state index in [1.165, 1.54) is 0 Å². The molecule has 32 heavy (non-hydrogen) atoms. The van der Waals surface area contributed by atoms with Gasteiger partial charge in [0.2, 0.25) is 5.91 Å². The Hall–Kier alpha value is -2.90. The van der Waals surface area contributed by atoms with Crippen molar-refractivity contribution in [3.63, 3.8) is 0 Å². The van der Waals surface area contributed by atoms with E-state index in [4.69, 9.17) is 14.2 Å². The Morgan fingerprint density at radius 2 is 1.91 bits per heavy atom. The molecule has 1 amide bonds. The van der Waals surface area contributed by atoms with E-state index in [1.54, 1.807) is 31.6 Å². The molecule has 6 nitrogen and oxygen atoms in total. The molecule has 1 saturated heterocycles. The van der Waals surface area contributed by atoms with Crippen LogP contribution in [0, 0.1) is 0 Å². The van der Waals surface area contributed by atoms with Crippen LogP contribution in [0.2, 0.25) is 0 Å². The van der Waals surface area contributed by atoms with Gasteiger partial charge in [-0.15, -0.1) is 0 Å². The summed E-state index contributed by atoms with van der Waals surface area (Å²) in [6.07, 6.45) is 4.73. The third-order valence-electron chi connectivity index (χ3n) is 5.72. The number of nitrogens with zero attached hydrogens (tertiary/aromatic N) is 1. The molecule has 1 aliphatic rings. The predicted octanol–water partition coefficient (Wildman–Crippen LogP) is 5.12. The van der Waals surface area contributed by atoms with Gasteiger partial charge >= 0.3 is 0 Å². The molecule has 2 aromatic carbocycles. The number of nitrogens with one attached hydrogen (secondary N) is 1. The Labute approximate surface area is 196 Å². The summed E-state index contributed by atoms with van der Waals surface area (Å²) in [6.45, 7) is 1.44. The summed E-state index contributed by atoms with van der Waals surface area (Å²) in [5, 5.41) is 3.10. The lowest BCUT2D eigenvalue weighted by Crippen LogP contribution is -2.44. The van der Waals surface area contributed by atoms with Crippen LogP contribution in [0.4, 0.5) is 5.69 Å². The summed E-state index contributed by atoms with van der Waals surface area (Å²) in [4.78, 5) is 17.7. The number of methoxy groups -OCH3 is 1. The molecule has 0 atom stereocenters. The summed E-state index contributed by atoms with van der Waals surface area (Å²) in [5.41, 5.74) is 1.94. The van der Waals surface area contributed by atoms with Crippen LogP contribution in [0.3, 0.4) is 0 Å². The summed E-state index contributed by atoms with van der Waals surface area (Å²) < 4.78 is 17.9. The number of carbonyl (C=O) groups is 1. The fourth-order valence-electron chi connectivity index (χ4n) is 3.90. The first-order valence-electron chi connectivity index (χ1n) is 10.5. The van der Waals surface area contributed by atoms with Crippen LogP contribution in [-0.4, -0.2) is 31.2 Å². The van der Waals surface area contributed by atoms with Gasteiger partial charge in [-0.2, -0.15) is 0 Å². The Kier molecular flexibility index (Phi) is 7.07. The summed E-state index contributed by atoms with van der Waals surface area (Å²) in [6, 6.07) is 17.2. The minimum Gasteiger partial charge on any atom is -0.493 e. The number of anilines is 1. The van der Waals surface area contributed by atoms with Gasteiger partial charge in [0.25, 0.3) is 0 Å². The molecule has 3 aromatic rings. The van der Waals surface area contributed by atoms with Crippen molar-refractivity contribution in [1.29, 1.82) is 0 Å². The first-order valence-corrected chi connectivity index (χ1v) is 11.2. The average Bonchev–Trinajstić information content (AvgIpc) is 2.84. The molecular formula is C25H25BrN2O4. The molecule has 0 aliphatic carbocycles. The summed E-state index contributed by atoms with van der Waals surface area (Å²) in [7, 11) is 1.59. The molecule has 0 unspecified atom stereocenters. The van der Waals surface area contributed by atoms with E-state index >= 15 is 0 Å². The second-order valence-electron chi connectivity index (χ2n) is 7.67. The fraction of sp³-hybridized carbons (Fsp3) is 0.280. The van der Waals surface area contributed by atoms with Crippen molar-refractivity contribution < 1.29 is 19.0 Å². The molecule has 0 saturated carbocycles. The zero-order valence-corrected chi connectivity index (χ0v) is 19.4. The SMILES string of the molecule is COc1ccc(NC(=O)C2(c3ccc(Br)cc3)CCOCC2)cc1OCc1cccnc1. The van der Waals surface area contributed by atoms with Gasteiger partial charge in [0, 0.05) is 47.4 Å². The molecule has 0 spiro atoms. The van der Waals surface area contributed by atoms with E-state index in [0.717, 1.165) is 15.6 Å². The second-order valence-corrected chi connectivity index (χ2v) is 8.59. The largest absolute Gasteiger partial charge is 0.493 e. The lowest BCUT2D eigenvalue weighted by molar-refractivity contribution is -0.125. The van der Waals surface area contributed by atoms with Crippen molar-refractivity contribution in [2.24, 2.45) is 0 Å². The van der Waals surface area contributed by atoms with Gasteiger partial charge in [-0.1, -0.05) is 34.1 Å². The van der Waals surface area contributed by atoms with Crippen LogP contribution >= 0.6 is 15.9 Å². The Morgan fingerprint density at radius 1 is 1.12 bits per heavy atom. The second kappa shape index (κ2) is 10.1. The first kappa shape index (κ1) is 22.3. The van der Waals surface area contributed by atoms with Crippen molar-refractivity contribution in [3.8, 4) is 11.5 Å². The van der Waals surface area contributed by atoms with Gasteiger partial charge in [0.1, 0.15) is 6.61 Å². The molecule has 7 heteroatoms. The normalized spacial score (nSPS) is 15.1. The summed E-state index contributed by atoms with van der Waals surface area (Å²) >= 11 is 3.48. The maximum atomic E-state index is 13.6. The van der Waals surface area contributed by atoms with Gasteiger partial charge in [0.15, 0.2) is 11.5 Å². The predicted molar refractivity (Wildman–Crippen MR) is 126 cm³/mol. The number of pyridine rings is 1. The first-order chi connectivity index (χ1) is 15.6. The number of hydrogen-bond donors (Lipinski definition) is 1. The van der Waals surface area contributed by atoms with Crippen LogP contribution in [0.5, 0.6) is 11.5 Å². The maximum Gasteiger partial charge on any atom is 0.235 e. The minimum atomic E-state index is -0.643. The molecule has 4 rings (SSSR count). The molecule has 1 fully saturated rings. The van der Waals surface area contributed by atoms with Crippen LogP contribution in [0.15, 0.2) is 71.5 Å². The zero-order chi connectivity index (χ0) is 22.4. The number of hydrogen-bond acceptors (Lipinski definition) is 5. The molecule has 0 bridgehead atoms. The molecule has 0 radical (unpaired) electrons. The highest BCUT2D eigenvalue weighted by molar-refractivity contribution is 9.10. The van der Waals surface area contributed by atoms with E-state index < -0.39 is 5.41 Å². The number of ether oxygens (including phenoxy) is 3. The third-order valence-corrected chi connectivity index (χ3v) is 6.25. The van der Waals surface area contributed by atoms with E-state index in [1.807, 2.05) is 42.5 Å². The minimum absolute atomic E-state index is 0.0495. The Morgan fingerprint density at radius 3 is 2.59 bits per heavy atom. The number of amides is 1.